The van der Waals surface area contributed by atoms with E-state index in [0.717, 1.165) is 12.0 Å². The Morgan fingerprint density at radius 3 is 2.85 bits per heavy atom. The molecule has 0 aliphatic heterocycles. The fourth-order valence-corrected chi connectivity index (χ4v) is 1.56. The van der Waals surface area contributed by atoms with Gasteiger partial charge in [0, 0.05) is 5.56 Å². The molecule has 1 aromatic rings. The Bertz CT molecular complexity index is 475. The molecule has 0 radical (unpaired) electrons. The molecular formula is C14H21N3O2S. The lowest BCUT2D eigenvalue weighted by Gasteiger charge is -2.14. The molecule has 110 valence electrons. The first-order valence-corrected chi connectivity index (χ1v) is 6.83. The molecule has 0 fully saturated rings. The lowest BCUT2D eigenvalue weighted by Crippen LogP contribution is -2.24. The number of nitrogens with zero attached hydrogens (tertiary/aromatic N) is 1. The highest BCUT2D eigenvalue weighted by molar-refractivity contribution is 7.80. The summed E-state index contributed by atoms with van der Waals surface area (Å²) < 4.78 is 11.1. The Balaban J connectivity index is 2.86. The van der Waals surface area contributed by atoms with Crippen molar-refractivity contribution in [3.8, 4) is 11.5 Å². The summed E-state index contributed by atoms with van der Waals surface area (Å²) >= 11 is 4.69. The van der Waals surface area contributed by atoms with E-state index in [-0.39, 0.29) is 5.11 Å². The van der Waals surface area contributed by atoms with Crippen LogP contribution in [0.15, 0.2) is 23.3 Å². The molecule has 3 N–H and O–H groups in total. The van der Waals surface area contributed by atoms with Gasteiger partial charge in [-0.2, -0.15) is 5.10 Å². The number of thiocarbonyl (C=S) groups is 1. The molecule has 1 rings (SSSR count). The molecule has 6 heteroatoms. The average molecular weight is 295 g/mol. The highest BCUT2D eigenvalue weighted by Crippen LogP contribution is 2.30. The van der Waals surface area contributed by atoms with Crippen LogP contribution in [0.2, 0.25) is 0 Å². The third kappa shape index (κ3) is 5.44. The predicted octanol–water partition coefficient (Wildman–Crippen LogP) is 2.29. The Morgan fingerprint density at radius 2 is 2.25 bits per heavy atom. The third-order valence-electron chi connectivity index (χ3n) is 2.55. The number of nitrogens with two attached hydrogens (primary N) is 1. The molecule has 5 nitrogen and oxygen atoms in total. The zero-order chi connectivity index (χ0) is 15.0. The van der Waals surface area contributed by atoms with Crippen LogP contribution < -0.4 is 20.6 Å². The minimum atomic E-state index is 0.117. The Morgan fingerprint density at radius 1 is 1.50 bits per heavy atom. The van der Waals surface area contributed by atoms with E-state index in [1.165, 1.54) is 0 Å². The molecule has 0 saturated heterocycles. The topological polar surface area (TPSA) is 68.9 Å². The predicted molar refractivity (Wildman–Crippen MR) is 85.5 cm³/mol. The number of hydrogen-bond donors (Lipinski definition) is 2. The van der Waals surface area contributed by atoms with Crippen LogP contribution >= 0.6 is 12.2 Å². The summed E-state index contributed by atoms with van der Waals surface area (Å²) in [7, 11) is 1.61. The van der Waals surface area contributed by atoms with Gasteiger partial charge in [-0.3, -0.25) is 5.43 Å². The minimum Gasteiger partial charge on any atom is -0.493 e. The highest BCUT2D eigenvalue weighted by Gasteiger charge is 2.09. The number of ether oxygens (including phenoxy) is 2. The standard InChI is InChI=1S/C14H21N3O2S/c1-10(2)7-8-19-13-11(9-16-17-14(15)20)5-4-6-12(13)18-3/h4-6,9-10H,7-8H2,1-3H3,(H3,15,17,20). The fourth-order valence-electron chi connectivity index (χ4n) is 1.51. The van der Waals surface area contributed by atoms with Gasteiger partial charge in [0.25, 0.3) is 0 Å². The van der Waals surface area contributed by atoms with Crippen LogP contribution in [-0.4, -0.2) is 25.0 Å². The third-order valence-corrected chi connectivity index (χ3v) is 2.64. The zero-order valence-corrected chi connectivity index (χ0v) is 12.9. The van der Waals surface area contributed by atoms with Gasteiger partial charge >= 0.3 is 0 Å². The van der Waals surface area contributed by atoms with Crippen LogP contribution in [0, 0.1) is 5.92 Å². The van der Waals surface area contributed by atoms with E-state index >= 15 is 0 Å². The largest absolute Gasteiger partial charge is 0.493 e. The summed E-state index contributed by atoms with van der Waals surface area (Å²) in [4.78, 5) is 0. The molecule has 0 amide bonds. The summed E-state index contributed by atoms with van der Waals surface area (Å²) in [6.07, 6.45) is 2.58. The molecule has 1 aromatic carbocycles. The van der Waals surface area contributed by atoms with Crippen LogP contribution in [0.5, 0.6) is 11.5 Å². The van der Waals surface area contributed by atoms with E-state index in [1.807, 2.05) is 18.2 Å². The maximum Gasteiger partial charge on any atom is 0.184 e. The molecule has 0 aromatic heterocycles. The van der Waals surface area contributed by atoms with E-state index in [4.69, 9.17) is 15.2 Å². The SMILES string of the molecule is COc1cccc(C=NNC(N)=S)c1OCCC(C)C. The number of rotatable bonds is 7. The van der Waals surface area contributed by atoms with Crippen molar-refractivity contribution in [3.05, 3.63) is 23.8 Å². The van der Waals surface area contributed by atoms with Gasteiger partial charge in [-0.15, -0.1) is 0 Å². The van der Waals surface area contributed by atoms with Gasteiger partial charge in [-0.25, -0.2) is 0 Å². The Labute approximate surface area is 125 Å². The first-order valence-electron chi connectivity index (χ1n) is 6.43. The molecule has 0 heterocycles. The molecular weight excluding hydrogens is 274 g/mol. The van der Waals surface area contributed by atoms with Crippen molar-refractivity contribution < 1.29 is 9.47 Å². The van der Waals surface area contributed by atoms with Crippen LogP contribution in [0.25, 0.3) is 0 Å². The lowest BCUT2D eigenvalue weighted by molar-refractivity contribution is 0.272. The summed E-state index contributed by atoms with van der Waals surface area (Å²) in [5.41, 5.74) is 8.63. The summed E-state index contributed by atoms with van der Waals surface area (Å²) in [5, 5.41) is 4.06. The van der Waals surface area contributed by atoms with Gasteiger partial charge in [0.2, 0.25) is 0 Å². The number of hydrazone groups is 1. The summed E-state index contributed by atoms with van der Waals surface area (Å²) in [6.45, 7) is 4.93. The Hall–Kier alpha value is -1.82. The van der Waals surface area contributed by atoms with Crippen molar-refractivity contribution in [2.45, 2.75) is 20.3 Å². The summed E-state index contributed by atoms with van der Waals surface area (Å²) in [5.74, 6) is 1.93. The van der Waals surface area contributed by atoms with Gasteiger partial charge in [0.15, 0.2) is 16.6 Å². The number of nitrogens with one attached hydrogen (secondary N) is 1. The van der Waals surface area contributed by atoms with Crippen LogP contribution in [0.4, 0.5) is 0 Å². The van der Waals surface area contributed by atoms with Gasteiger partial charge in [-0.05, 0) is 36.7 Å². The minimum absolute atomic E-state index is 0.117. The monoisotopic (exact) mass is 295 g/mol. The quantitative estimate of drug-likeness (QED) is 0.459. The first-order chi connectivity index (χ1) is 9.54. The highest BCUT2D eigenvalue weighted by atomic mass is 32.1. The molecule has 0 spiro atoms. The van der Waals surface area contributed by atoms with Crippen LogP contribution in [-0.2, 0) is 0 Å². The molecule has 0 bridgehead atoms. The van der Waals surface area contributed by atoms with E-state index < -0.39 is 0 Å². The van der Waals surface area contributed by atoms with Crippen molar-refractivity contribution >= 4 is 23.5 Å². The maximum atomic E-state index is 5.82. The normalized spacial score (nSPS) is 10.8. The molecule has 0 aliphatic rings. The number of methoxy groups -OCH3 is 1. The van der Waals surface area contributed by atoms with E-state index in [0.29, 0.717) is 24.0 Å². The van der Waals surface area contributed by atoms with E-state index in [1.54, 1.807) is 13.3 Å². The van der Waals surface area contributed by atoms with Gasteiger partial charge in [0.05, 0.1) is 19.9 Å². The smallest absolute Gasteiger partial charge is 0.184 e. The maximum absolute atomic E-state index is 5.82. The van der Waals surface area contributed by atoms with Gasteiger partial charge < -0.3 is 15.2 Å². The van der Waals surface area contributed by atoms with Crippen molar-refractivity contribution in [3.63, 3.8) is 0 Å². The van der Waals surface area contributed by atoms with Crippen LogP contribution in [0.3, 0.4) is 0 Å². The molecule has 0 unspecified atom stereocenters. The number of benzene rings is 1. The molecule has 0 saturated carbocycles. The van der Waals surface area contributed by atoms with Crippen molar-refractivity contribution in [2.24, 2.45) is 16.8 Å². The molecule has 0 aliphatic carbocycles. The fraction of sp³-hybridized carbons (Fsp3) is 0.429. The van der Waals surface area contributed by atoms with E-state index in [2.05, 4.69) is 36.6 Å². The van der Waals surface area contributed by atoms with Crippen molar-refractivity contribution in [2.75, 3.05) is 13.7 Å². The lowest BCUT2D eigenvalue weighted by atomic mass is 10.1. The van der Waals surface area contributed by atoms with Crippen molar-refractivity contribution in [1.29, 1.82) is 0 Å². The number of para-hydroxylation sites is 1. The van der Waals surface area contributed by atoms with Crippen LogP contribution in [0.1, 0.15) is 25.8 Å². The second-order valence-electron chi connectivity index (χ2n) is 4.64. The van der Waals surface area contributed by atoms with Gasteiger partial charge in [0.1, 0.15) is 0 Å². The molecule has 0 atom stereocenters. The second-order valence-corrected chi connectivity index (χ2v) is 5.08. The average Bonchev–Trinajstić information content (AvgIpc) is 2.39. The number of hydrogen-bond acceptors (Lipinski definition) is 4. The first kappa shape index (κ1) is 16.2. The summed E-state index contributed by atoms with van der Waals surface area (Å²) in [6, 6.07) is 5.61. The Kier molecular flexibility index (Phi) is 6.79. The second kappa shape index (κ2) is 8.37. The van der Waals surface area contributed by atoms with Gasteiger partial charge in [-0.1, -0.05) is 19.9 Å². The van der Waals surface area contributed by atoms with Crippen molar-refractivity contribution in [1.82, 2.24) is 5.43 Å². The zero-order valence-electron chi connectivity index (χ0n) is 12.1. The van der Waals surface area contributed by atoms with E-state index in [9.17, 15) is 0 Å². The molecule has 20 heavy (non-hydrogen) atoms.